The average molecular weight is 201 g/mol. The van der Waals surface area contributed by atoms with Crippen LogP contribution in [0.1, 0.15) is 0 Å². The van der Waals surface area contributed by atoms with Gasteiger partial charge in [0.25, 0.3) is 0 Å². The van der Waals surface area contributed by atoms with Crippen molar-refractivity contribution in [3.63, 3.8) is 0 Å². The lowest BCUT2D eigenvalue weighted by atomic mass is 10.7. The second-order valence-corrected chi connectivity index (χ2v) is 2.22. The zero-order valence-electron chi connectivity index (χ0n) is 5.52. The summed E-state index contributed by atoms with van der Waals surface area (Å²) < 4.78 is 38.2. The van der Waals surface area contributed by atoms with Gasteiger partial charge in [0.05, 0.1) is 0 Å². The Labute approximate surface area is 67.9 Å². The zero-order valence-corrected chi connectivity index (χ0v) is 6.28. The maximum atomic E-state index is 8.49. The molecule has 12 heavy (non-hydrogen) atoms. The molecule has 0 bridgehead atoms. The van der Waals surface area contributed by atoms with E-state index >= 15 is 0 Å². The van der Waals surface area contributed by atoms with E-state index in [1.165, 1.54) is 0 Å². The monoisotopic (exact) mass is 200 g/mol. The second-order valence-electron chi connectivity index (χ2n) is 1.46. The summed E-state index contributed by atoms with van der Waals surface area (Å²) in [5, 5.41) is 5.47. The van der Waals surface area contributed by atoms with Gasteiger partial charge in [0.2, 0.25) is 0 Å². The number of nitrogens with one attached hydrogen (secondary N) is 1. The Kier molecular flexibility index (Phi) is 3.66. The van der Waals surface area contributed by atoms with Crippen molar-refractivity contribution in [2.75, 3.05) is 11.5 Å². The Hall–Kier alpha value is -1.13. The van der Waals surface area contributed by atoms with Crippen LogP contribution in [0.4, 0.5) is 11.6 Å². The van der Waals surface area contributed by atoms with Crippen LogP contribution in [0, 0.1) is 10.2 Å². The first-order chi connectivity index (χ1) is 5.30. The smallest absolute Gasteiger partial charge is 0.321 e. The lowest BCUT2D eigenvalue weighted by Gasteiger charge is -2.17. The van der Waals surface area contributed by atoms with Gasteiger partial charge in [-0.2, -0.15) is 0 Å². The maximum absolute atomic E-state index is 8.49. The van der Waals surface area contributed by atoms with Gasteiger partial charge in [0.15, 0.2) is 0 Å². The van der Waals surface area contributed by atoms with Crippen LogP contribution in [0.3, 0.4) is 0 Å². The number of aromatic amines is 1. The number of H-pyrrole nitrogens is 1. The minimum atomic E-state index is -4.94. The van der Waals surface area contributed by atoms with Crippen LogP contribution in [-0.2, 0) is 0 Å². The molecular weight excluding hydrogens is 195 g/mol. The Morgan fingerprint density at radius 3 is 1.75 bits per heavy atom. The summed E-state index contributed by atoms with van der Waals surface area (Å²) in [7, 11) is -4.94. The first-order valence-corrected chi connectivity index (χ1v) is 3.54. The van der Waals surface area contributed by atoms with E-state index in [-0.39, 0.29) is 11.6 Å². The third kappa shape index (κ3) is 6.98. The molecule has 0 fully saturated rings. The molecule has 9 nitrogen and oxygen atoms in total. The van der Waals surface area contributed by atoms with Crippen molar-refractivity contribution in [2.45, 2.75) is 0 Å². The molecule has 5 N–H and O–H groups in total. The molecule has 0 unspecified atom stereocenters. The predicted molar refractivity (Wildman–Crippen MR) is 21.9 cm³/mol. The number of aromatic nitrogens is 2. The molecule has 1 aromatic rings. The zero-order chi connectivity index (χ0) is 9.78. The van der Waals surface area contributed by atoms with E-state index in [9.17, 15) is 0 Å². The SMILES string of the molecule is Nc1no[nH+]c1N.[O-][Cl+3]([O-])([O-])[O-]. The summed E-state index contributed by atoms with van der Waals surface area (Å²) in [6.45, 7) is 0. The minimum absolute atomic E-state index is 0.194. The summed E-state index contributed by atoms with van der Waals surface area (Å²) in [5.41, 5.74) is 10.2. The van der Waals surface area contributed by atoms with E-state index < -0.39 is 10.2 Å². The summed E-state index contributed by atoms with van der Waals surface area (Å²) in [4.78, 5) is 0. The van der Waals surface area contributed by atoms with Crippen LogP contribution in [0.15, 0.2) is 4.63 Å². The quantitative estimate of drug-likeness (QED) is 0.414. The van der Waals surface area contributed by atoms with Gasteiger partial charge in [0.1, 0.15) is 5.16 Å². The lowest BCUT2D eigenvalue weighted by Crippen LogP contribution is -2.68. The molecule has 0 atom stereocenters. The molecule has 1 rings (SSSR count). The Morgan fingerprint density at radius 1 is 1.25 bits per heavy atom. The fourth-order valence-electron chi connectivity index (χ4n) is 0.223. The van der Waals surface area contributed by atoms with Gasteiger partial charge in [-0.05, 0) is 0 Å². The van der Waals surface area contributed by atoms with E-state index in [0.717, 1.165) is 0 Å². The Morgan fingerprint density at radius 2 is 1.67 bits per heavy atom. The van der Waals surface area contributed by atoms with Crippen LogP contribution < -0.4 is 35.3 Å². The fraction of sp³-hybridized carbons (Fsp3) is 0. The van der Waals surface area contributed by atoms with Gasteiger partial charge in [-0.1, -0.05) is 5.16 Å². The van der Waals surface area contributed by atoms with Crippen LogP contribution in [-0.4, -0.2) is 5.16 Å². The molecule has 0 radical (unpaired) electrons. The third-order valence-electron chi connectivity index (χ3n) is 0.576. The molecule has 0 spiro atoms. The van der Waals surface area contributed by atoms with Gasteiger partial charge < -0.3 is 11.5 Å². The molecule has 1 heterocycles. The molecule has 0 amide bonds. The van der Waals surface area contributed by atoms with Crippen LogP contribution in [0.2, 0.25) is 0 Å². The third-order valence-corrected chi connectivity index (χ3v) is 0.576. The Bertz CT molecular complexity index is 209. The van der Waals surface area contributed by atoms with Crippen molar-refractivity contribution < 1.29 is 38.7 Å². The molecule has 0 aliphatic rings. The topological polar surface area (TPSA) is 184 Å². The minimum Gasteiger partial charge on any atom is -0.361 e. The van der Waals surface area contributed by atoms with E-state index in [4.69, 9.17) is 30.1 Å². The standard InChI is InChI=1S/C2H4N4O.ClHO4/c3-1-2(4)6-7-5-1;2-1(3,4)5/h(H2,3,5)(H2,4,6);(H,2,3,4,5). The fourth-order valence-corrected chi connectivity index (χ4v) is 0.223. The molecule has 10 heteroatoms. The van der Waals surface area contributed by atoms with E-state index in [1.807, 2.05) is 0 Å². The predicted octanol–water partition coefficient (Wildman–Crippen LogP) is -6.10. The van der Waals surface area contributed by atoms with E-state index in [1.54, 1.807) is 0 Å². The maximum Gasteiger partial charge on any atom is 0.321 e. The number of nitrogens with two attached hydrogens (primary N) is 2. The number of halogens is 1. The molecule has 0 aromatic carbocycles. The van der Waals surface area contributed by atoms with Gasteiger partial charge in [0, 0.05) is 0 Å². The second kappa shape index (κ2) is 4.04. The highest BCUT2D eigenvalue weighted by atomic mass is 35.7. The van der Waals surface area contributed by atoms with Gasteiger partial charge >= 0.3 is 11.6 Å². The number of rotatable bonds is 0. The first-order valence-electron chi connectivity index (χ1n) is 2.30. The number of nitrogen functional groups attached to an aromatic ring is 2. The van der Waals surface area contributed by atoms with Crippen molar-refractivity contribution in [1.29, 1.82) is 0 Å². The summed E-state index contributed by atoms with van der Waals surface area (Å²) in [6, 6.07) is 0. The number of hydrogen-bond acceptors (Lipinski definition) is 8. The number of hydrogen-bond donors (Lipinski definition) is 2. The van der Waals surface area contributed by atoms with Crippen molar-refractivity contribution in [3.05, 3.63) is 0 Å². The molecule has 1 aromatic heterocycles. The highest BCUT2D eigenvalue weighted by molar-refractivity contribution is 5.45. The molecular formula is C2H5ClN4O5. The molecule has 0 saturated carbocycles. The van der Waals surface area contributed by atoms with Crippen molar-refractivity contribution in [1.82, 2.24) is 5.16 Å². The average Bonchev–Trinajstić information content (AvgIpc) is 2.12. The van der Waals surface area contributed by atoms with Gasteiger partial charge in [-0.25, -0.2) is 18.6 Å². The lowest BCUT2D eigenvalue weighted by molar-refractivity contribution is -2.00. The van der Waals surface area contributed by atoms with Crippen LogP contribution in [0.5, 0.6) is 0 Å². The molecule has 0 saturated heterocycles. The highest BCUT2D eigenvalue weighted by Gasteiger charge is 2.04. The van der Waals surface area contributed by atoms with Gasteiger partial charge in [-0.3, -0.25) is 0 Å². The molecule has 70 valence electrons. The normalized spacial score (nSPS) is 10.3. The molecule has 0 aliphatic carbocycles. The number of anilines is 2. The van der Waals surface area contributed by atoms with E-state index in [2.05, 4.69) is 14.9 Å². The summed E-state index contributed by atoms with van der Waals surface area (Å²) in [5.74, 6) is 0.458. The highest BCUT2D eigenvalue weighted by Crippen LogP contribution is 1.97. The largest absolute Gasteiger partial charge is 0.361 e. The van der Waals surface area contributed by atoms with Gasteiger partial charge in [-0.15, -0.1) is 14.9 Å². The van der Waals surface area contributed by atoms with Crippen LogP contribution in [0.25, 0.3) is 0 Å². The molecule has 0 aliphatic heterocycles. The number of nitrogens with zero attached hydrogens (tertiary/aromatic N) is 1. The van der Waals surface area contributed by atoms with Crippen molar-refractivity contribution in [2.24, 2.45) is 0 Å². The first kappa shape index (κ1) is 10.9. The van der Waals surface area contributed by atoms with Crippen LogP contribution >= 0.6 is 0 Å². The van der Waals surface area contributed by atoms with Crippen molar-refractivity contribution in [3.8, 4) is 0 Å². The summed E-state index contributed by atoms with van der Waals surface area (Å²) in [6.07, 6.45) is 0. The van der Waals surface area contributed by atoms with Crippen molar-refractivity contribution >= 4 is 11.6 Å². The van der Waals surface area contributed by atoms with E-state index in [0.29, 0.717) is 0 Å². The Balaban J connectivity index is 0.000000217. The summed E-state index contributed by atoms with van der Waals surface area (Å²) >= 11 is 0.